The summed E-state index contributed by atoms with van der Waals surface area (Å²) in [5.74, 6) is 0. The van der Waals surface area contributed by atoms with Crippen LogP contribution in [0.25, 0.3) is 10.8 Å². The molecule has 1 unspecified atom stereocenters. The summed E-state index contributed by atoms with van der Waals surface area (Å²) < 4.78 is 0. The van der Waals surface area contributed by atoms with E-state index in [0.29, 0.717) is 0 Å². The Morgan fingerprint density at radius 1 is 1.27 bits per heavy atom. The van der Waals surface area contributed by atoms with E-state index >= 15 is 0 Å². The maximum Gasteiger partial charge on any atom is 0.0415 e. The zero-order valence-corrected chi connectivity index (χ0v) is 9.46. The van der Waals surface area contributed by atoms with Crippen molar-refractivity contribution < 1.29 is 0 Å². The first kappa shape index (κ1) is 10.5. The standard InChI is InChI=1S/C13H14ClN/c1-2-13(15)12-8-10(14)7-9-5-3-4-6-11(9)12/h3-8,13H,2,15H2,1H3. The Morgan fingerprint density at radius 3 is 2.73 bits per heavy atom. The lowest BCUT2D eigenvalue weighted by atomic mass is 9.98. The molecular formula is C13H14ClN. The van der Waals surface area contributed by atoms with Crippen molar-refractivity contribution in [3.8, 4) is 0 Å². The largest absolute Gasteiger partial charge is 0.324 e. The van der Waals surface area contributed by atoms with Gasteiger partial charge in [0.15, 0.2) is 0 Å². The fourth-order valence-electron chi connectivity index (χ4n) is 1.83. The van der Waals surface area contributed by atoms with Crippen molar-refractivity contribution in [1.29, 1.82) is 0 Å². The Labute approximate surface area is 94.9 Å². The number of halogens is 1. The van der Waals surface area contributed by atoms with E-state index in [2.05, 4.69) is 19.1 Å². The Hall–Kier alpha value is -1.05. The van der Waals surface area contributed by atoms with E-state index in [9.17, 15) is 0 Å². The van der Waals surface area contributed by atoms with E-state index < -0.39 is 0 Å². The predicted molar refractivity (Wildman–Crippen MR) is 66.2 cm³/mol. The van der Waals surface area contributed by atoms with E-state index in [1.165, 1.54) is 5.39 Å². The van der Waals surface area contributed by atoms with Gasteiger partial charge in [0.1, 0.15) is 0 Å². The first-order valence-corrected chi connectivity index (χ1v) is 5.54. The van der Waals surface area contributed by atoms with Gasteiger partial charge in [-0.15, -0.1) is 0 Å². The highest BCUT2D eigenvalue weighted by molar-refractivity contribution is 6.31. The summed E-state index contributed by atoms with van der Waals surface area (Å²) in [7, 11) is 0. The highest BCUT2D eigenvalue weighted by Crippen LogP contribution is 2.28. The molecule has 1 atom stereocenters. The maximum absolute atomic E-state index is 6.07. The summed E-state index contributed by atoms with van der Waals surface area (Å²) in [5.41, 5.74) is 7.21. The maximum atomic E-state index is 6.07. The molecule has 0 aliphatic heterocycles. The third-order valence-corrected chi connectivity index (χ3v) is 2.92. The van der Waals surface area contributed by atoms with E-state index in [1.807, 2.05) is 24.3 Å². The molecule has 0 amide bonds. The van der Waals surface area contributed by atoms with Gasteiger partial charge in [0.05, 0.1) is 0 Å². The van der Waals surface area contributed by atoms with Gasteiger partial charge in [0.25, 0.3) is 0 Å². The van der Waals surface area contributed by atoms with Crippen molar-refractivity contribution in [1.82, 2.24) is 0 Å². The molecule has 0 aromatic heterocycles. The predicted octanol–water partition coefficient (Wildman–Crippen LogP) is 3.90. The van der Waals surface area contributed by atoms with Crippen LogP contribution in [0, 0.1) is 0 Å². The van der Waals surface area contributed by atoms with Crippen molar-refractivity contribution in [3.05, 3.63) is 47.0 Å². The van der Waals surface area contributed by atoms with Crippen molar-refractivity contribution in [2.75, 3.05) is 0 Å². The molecule has 2 aromatic carbocycles. The van der Waals surface area contributed by atoms with Gasteiger partial charge in [-0.3, -0.25) is 0 Å². The van der Waals surface area contributed by atoms with Crippen LogP contribution in [0.4, 0.5) is 0 Å². The van der Waals surface area contributed by atoms with Crippen LogP contribution in [-0.2, 0) is 0 Å². The molecule has 2 aromatic rings. The normalized spacial score (nSPS) is 13.0. The van der Waals surface area contributed by atoms with Gasteiger partial charge in [0, 0.05) is 11.1 Å². The Kier molecular flexibility index (Phi) is 2.94. The lowest BCUT2D eigenvalue weighted by molar-refractivity contribution is 0.704. The number of hydrogen-bond donors (Lipinski definition) is 1. The van der Waals surface area contributed by atoms with E-state index in [1.54, 1.807) is 0 Å². The van der Waals surface area contributed by atoms with Crippen molar-refractivity contribution in [3.63, 3.8) is 0 Å². The summed E-state index contributed by atoms with van der Waals surface area (Å²) in [6, 6.07) is 12.2. The average Bonchev–Trinajstić information content (AvgIpc) is 2.26. The molecule has 0 spiro atoms. The number of benzene rings is 2. The van der Waals surface area contributed by atoms with Crippen LogP contribution in [0.5, 0.6) is 0 Å². The molecule has 0 saturated heterocycles. The van der Waals surface area contributed by atoms with Gasteiger partial charge in [-0.1, -0.05) is 42.8 Å². The second-order valence-corrected chi connectivity index (χ2v) is 4.17. The number of rotatable bonds is 2. The van der Waals surface area contributed by atoms with Gasteiger partial charge >= 0.3 is 0 Å². The summed E-state index contributed by atoms with van der Waals surface area (Å²) in [4.78, 5) is 0. The molecule has 0 heterocycles. The molecule has 0 radical (unpaired) electrons. The molecule has 1 nitrogen and oxygen atoms in total. The third-order valence-electron chi connectivity index (χ3n) is 2.70. The molecule has 0 fully saturated rings. The molecule has 78 valence electrons. The van der Waals surface area contributed by atoms with Crippen LogP contribution in [0.1, 0.15) is 24.9 Å². The van der Waals surface area contributed by atoms with E-state index in [-0.39, 0.29) is 6.04 Å². The first-order valence-electron chi connectivity index (χ1n) is 5.16. The topological polar surface area (TPSA) is 26.0 Å². The number of hydrogen-bond acceptors (Lipinski definition) is 1. The van der Waals surface area contributed by atoms with Crippen LogP contribution in [0.2, 0.25) is 5.02 Å². The highest BCUT2D eigenvalue weighted by atomic mass is 35.5. The lowest BCUT2D eigenvalue weighted by Crippen LogP contribution is -2.09. The van der Waals surface area contributed by atoms with Gasteiger partial charge in [0.2, 0.25) is 0 Å². The smallest absolute Gasteiger partial charge is 0.0415 e. The number of fused-ring (bicyclic) bond motifs is 1. The quantitative estimate of drug-likeness (QED) is 0.815. The molecule has 0 aliphatic carbocycles. The van der Waals surface area contributed by atoms with Crippen LogP contribution >= 0.6 is 11.6 Å². The monoisotopic (exact) mass is 219 g/mol. The summed E-state index contributed by atoms with van der Waals surface area (Å²) in [6.45, 7) is 2.08. The van der Waals surface area contributed by atoms with Gasteiger partial charge < -0.3 is 5.73 Å². The van der Waals surface area contributed by atoms with Crippen LogP contribution < -0.4 is 5.73 Å². The third kappa shape index (κ3) is 1.99. The minimum atomic E-state index is 0.0635. The number of nitrogens with two attached hydrogens (primary N) is 1. The van der Waals surface area contributed by atoms with Gasteiger partial charge in [-0.05, 0) is 34.9 Å². The SMILES string of the molecule is CCC(N)c1cc(Cl)cc2ccccc12. The Balaban J connectivity index is 2.71. The fraction of sp³-hybridized carbons (Fsp3) is 0.231. The summed E-state index contributed by atoms with van der Waals surface area (Å²) >= 11 is 6.07. The van der Waals surface area contributed by atoms with E-state index in [0.717, 1.165) is 22.4 Å². The van der Waals surface area contributed by atoms with Crippen LogP contribution in [-0.4, -0.2) is 0 Å². The summed E-state index contributed by atoms with van der Waals surface area (Å²) in [5, 5.41) is 3.12. The van der Waals surface area contributed by atoms with Gasteiger partial charge in [-0.2, -0.15) is 0 Å². The van der Waals surface area contributed by atoms with E-state index in [4.69, 9.17) is 17.3 Å². The minimum Gasteiger partial charge on any atom is -0.324 e. The minimum absolute atomic E-state index is 0.0635. The first-order chi connectivity index (χ1) is 7.22. The molecule has 0 aliphatic rings. The molecule has 2 heteroatoms. The molecular weight excluding hydrogens is 206 g/mol. The van der Waals surface area contributed by atoms with Crippen LogP contribution in [0.15, 0.2) is 36.4 Å². The average molecular weight is 220 g/mol. The second kappa shape index (κ2) is 4.21. The molecule has 2 rings (SSSR count). The van der Waals surface area contributed by atoms with Crippen molar-refractivity contribution >= 4 is 22.4 Å². The van der Waals surface area contributed by atoms with Crippen molar-refractivity contribution in [2.24, 2.45) is 5.73 Å². The molecule has 2 N–H and O–H groups in total. The molecule has 0 saturated carbocycles. The lowest BCUT2D eigenvalue weighted by Gasteiger charge is -2.13. The zero-order valence-electron chi connectivity index (χ0n) is 8.70. The molecule has 15 heavy (non-hydrogen) atoms. The Morgan fingerprint density at radius 2 is 2.00 bits per heavy atom. The second-order valence-electron chi connectivity index (χ2n) is 3.73. The van der Waals surface area contributed by atoms with Crippen LogP contribution in [0.3, 0.4) is 0 Å². The molecule has 0 bridgehead atoms. The fourth-order valence-corrected chi connectivity index (χ4v) is 2.06. The summed E-state index contributed by atoms with van der Waals surface area (Å²) in [6.07, 6.45) is 0.921. The zero-order chi connectivity index (χ0) is 10.8. The van der Waals surface area contributed by atoms with Gasteiger partial charge in [-0.25, -0.2) is 0 Å². The highest BCUT2D eigenvalue weighted by Gasteiger charge is 2.08. The Bertz CT molecular complexity index is 479. The van der Waals surface area contributed by atoms with Crippen molar-refractivity contribution in [2.45, 2.75) is 19.4 Å².